The number of imidazole rings is 1. The highest BCUT2D eigenvalue weighted by molar-refractivity contribution is 9.10. The highest BCUT2D eigenvalue weighted by Crippen LogP contribution is 2.39. The first kappa shape index (κ1) is 17.6. The van der Waals surface area contributed by atoms with E-state index in [4.69, 9.17) is 32.9 Å². The molecule has 2 heterocycles. The number of aryl methyl sites for hydroxylation is 1. The molecule has 0 N–H and O–H groups in total. The number of fused-ring (bicyclic) bond motifs is 3. The van der Waals surface area contributed by atoms with Crippen molar-refractivity contribution in [3.8, 4) is 0 Å². The van der Waals surface area contributed by atoms with Crippen LogP contribution in [0.5, 0.6) is 0 Å². The second-order valence-corrected chi connectivity index (χ2v) is 7.65. The van der Waals surface area contributed by atoms with Crippen LogP contribution in [0.25, 0.3) is 11.0 Å². The molecule has 1 aliphatic heterocycles. The lowest BCUT2D eigenvalue weighted by Gasteiger charge is -2.30. The summed E-state index contributed by atoms with van der Waals surface area (Å²) in [7, 11) is 1.38. The van der Waals surface area contributed by atoms with Gasteiger partial charge in [-0.1, -0.05) is 23.2 Å². The summed E-state index contributed by atoms with van der Waals surface area (Å²) < 4.78 is 7.81. The molecule has 134 valence electrons. The molecule has 4 rings (SSSR count). The van der Waals surface area contributed by atoms with Crippen LogP contribution in [0.1, 0.15) is 16.8 Å². The van der Waals surface area contributed by atoms with E-state index in [-0.39, 0.29) is 5.97 Å². The highest BCUT2D eigenvalue weighted by atomic mass is 79.9. The highest BCUT2D eigenvalue weighted by Gasteiger charge is 2.27. The first-order valence-electron chi connectivity index (χ1n) is 8.01. The zero-order valence-electron chi connectivity index (χ0n) is 13.8. The molecule has 0 saturated carbocycles. The third-order valence-electron chi connectivity index (χ3n) is 4.44. The Bertz CT molecular complexity index is 1030. The Kier molecular flexibility index (Phi) is 4.59. The van der Waals surface area contributed by atoms with Crippen LogP contribution in [-0.2, 0) is 11.3 Å². The van der Waals surface area contributed by atoms with E-state index in [0.717, 1.165) is 46.7 Å². The Morgan fingerprint density at radius 3 is 2.77 bits per heavy atom. The summed E-state index contributed by atoms with van der Waals surface area (Å²) in [4.78, 5) is 19.1. The summed E-state index contributed by atoms with van der Waals surface area (Å²) in [5, 5.41) is 1.14. The maximum atomic E-state index is 12.2. The number of aromatic nitrogens is 2. The van der Waals surface area contributed by atoms with Gasteiger partial charge in [-0.3, -0.25) is 0 Å². The Labute approximate surface area is 168 Å². The molecule has 0 radical (unpaired) electrons. The zero-order chi connectivity index (χ0) is 18.4. The molecule has 0 unspecified atom stereocenters. The summed E-state index contributed by atoms with van der Waals surface area (Å²) in [6.45, 7) is 1.53. The number of rotatable bonds is 2. The van der Waals surface area contributed by atoms with Crippen molar-refractivity contribution in [3.63, 3.8) is 0 Å². The number of benzene rings is 2. The van der Waals surface area contributed by atoms with Crippen molar-refractivity contribution in [1.29, 1.82) is 0 Å². The first-order valence-corrected chi connectivity index (χ1v) is 9.56. The number of carbonyl (C=O) groups excluding carboxylic acids is 1. The number of anilines is 2. The van der Waals surface area contributed by atoms with Crippen molar-refractivity contribution in [3.05, 3.63) is 50.4 Å². The predicted molar refractivity (Wildman–Crippen MR) is 107 cm³/mol. The number of hydrogen-bond acceptors (Lipinski definition) is 4. The molecule has 2 aromatic carbocycles. The van der Waals surface area contributed by atoms with Gasteiger partial charge in [0.05, 0.1) is 28.9 Å². The van der Waals surface area contributed by atoms with Crippen LogP contribution in [0.2, 0.25) is 10.0 Å². The van der Waals surface area contributed by atoms with E-state index in [2.05, 4.69) is 20.8 Å². The molecule has 0 atom stereocenters. The van der Waals surface area contributed by atoms with Crippen LogP contribution < -0.4 is 4.90 Å². The first-order chi connectivity index (χ1) is 12.5. The number of hydrogen-bond donors (Lipinski definition) is 0. The fourth-order valence-electron chi connectivity index (χ4n) is 3.30. The predicted octanol–water partition coefficient (Wildman–Crippen LogP) is 5.43. The lowest BCUT2D eigenvalue weighted by atomic mass is 10.1. The van der Waals surface area contributed by atoms with Crippen LogP contribution in [0, 0.1) is 0 Å². The SMILES string of the molecule is COC(=O)c1ccc(Br)c2nc3n(c12)CCCN3c1ccc(Cl)cc1Cl. The van der Waals surface area contributed by atoms with Gasteiger partial charge in [-0.25, -0.2) is 9.78 Å². The zero-order valence-corrected chi connectivity index (χ0v) is 16.9. The van der Waals surface area contributed by atoms with Gasteiger partial charge in [-0.15, -0.1) is 0 Å². The van der Waals surface area contributed by atoms with E-state index >= 15 is 0 Å². The Morgan fingerprint density at radius 2 is 2.04 bits per heavy atom. The average Bonchev–Trinajstić information content (AvgIpc) is 3.02. The van der Waals surface area contributed by atoms with Gasteiger partial charge in [0, 0.05) is 22.6 Å². The lowest BCUT2D eigenvalue weighted by Crippen LogP contribution is -2.28. The molecule has 26 heavy (non-hydrogen) atoms. The average molecular weight is 455 g/mol. The summed E-state index contributed by atoms with van der Waals surface area (Å²) in [5.41, 5.74) is 2.81. The van der Waals surface area contributed by atoms with Gasteiger partial charge in [0.15, 0.2) is 0 Å². The van der Waals surface area contributed by atoms with Crippen LogP contribution in [-0.4, -0.2) is 29.2 Å². The second kappa shape index (κ2) is 6.76. The molecule has 1 aromatic heterocycles. The van der Waals surface area contributed by atoms with E-state index in [1.54, 1.807) is 18.2 Å². The van der Waals surface area contributed by atoms with Crippen LogP contribution in [0.4, 0.5) is 11.6 Å². The molecule has 0 spiro atoms. The topological polar surface area (TPSA) is 47.4 Å². The Morgan fingerprint density at radius 1 is 1.23 bits per heavy atom. The largest absolute Gasteiger partial charge is 0.465 e. The van der Waals surface area contributed by atoms with Crippen molar-refractivity contribution in [2.24, 2.45) is 0 Å². The number of halogens is 3. The van der Waals surface area contributed by atoms with Gasteiger partial charge in [0.25, 0.3) is 0 Å². The van der Waals surface area contributed by atoms with Crippen molar-refractivity contribution in [2.75, 3.05) is 18.6 Å². The van der Waals surface area contributed by atoms with Crippen molar-refractivity contribution >= 4 is 67.8 Å². The van der Waals surface area contributed by atoms with Crippen LogP contribution >= 0.6 is 39.1 Å². The fourth-order valence-corrected chi connectivity index (χ4v) is 4.22. The summed E-state index contributed by atoms with van der Waals surface area (Å²) in [6.07, 6.45) is 0.893. The van der Waals surface area contributed by atoms with Gasteiger partial charge < -0.3 is 14.2 Å². The van der Waals surface area contributed by atoms with E-state index in [9.17, 15) is 4.79 Å². The maximum absolute atomic E-state index is 12.2. The molecule has 5 nitrogen and oxygen atoms in total. The minimum Gasteiger partial charge on any atom is -0.465 e. The number of nitrogens with zero attached hydrogens (tertiary/aromatic N) is 3. The standard InChI is InChI=1S/C18H14BrCl2N3O2/c1-26-17(25)11-4-5-12(19)15-16(11)24-8-2-7-23(18(24)22-15)14-6-3-10(20)9-13(14)21/h3-6,9H,2,7-8H2,1H3. The van der Waals surface area contributed by atoms with Gasteiger partial charge >= 0.3 is 5.97 Å². The third-order valence-corrected chi connectivity index (χ3v) is 5.61. The molecule has 0 amide bonds. The van der Waals surface area contributed by atoms with Crippen molar-refractivity contribution in [2.45, 2.75) is 13.0 Å². The number of ether oxygens (including phenoxy) is 1. The Balaban J connectivity index is 1.96. The quantitative estimate of drug-likeness (QED) is 0.484. The maximum Gasteiger partial charge on any atom is 0.340 e. The molecular formula is C18H14BrCl2N3O2. The molecule has 3 aromatic rings. The minimum absolute atomic E-state index is 0.383. The third kappa shape index (κ3) is 2.76. The molecule has 0 aliphatic carbocycles. The van der Waals surface area contributed by atoms with Gasteiger partial charge in [-0.2, -0.15) is 0 Å². The number of esters is 1. The summed E-state index contributed by atoms with van der Waals surface area (Å²) in [5.74, 6) is 0.361. The molecule has 0 bridgehead atoms. The number of carbonyl (C=O) groups is 1. The van der Waals surface area contributed by atoms with E-state index in [1.165, 1.54) is 7.11 Å². The van der Waals surface area contributed by atoms with Crippen LogP contribution in [0.3, 0.4) is 0 Å². The van der Waals surface area contributed by atoms with Gasteiger partial charge in [-0.05, 0) is 52.7 Å². The van der Waals surface area contributed by atoms with E-state index in [1.807, 2.05) is 16.7 Å². The molecule has 0 saturated heterocycles. The lowest BCUT2D eigenvalue weighted by molar-refractivity contribution is 0.0602. The van der Waals surface area contributed by atoms with Gasteiger partial charge in [0.1, 0.15) is 5.52 Å². The second-order valence-electron chi connectivity index (χ2n) is 5.95. The monoisotopic (exact) mass is 453 g/mol. The Hall–Kier alpha value is -1.76. The molecule has 0 fully saturated rings. The minimum atomic E-state index is -0.383. The van der Waals surface area contributed by atoms with E-state index < -0.39 is 0 Å². The van der Waals surface area contributed by atoms with Crippen molar-refractivity contribution < 1.29 is 9.53 Å². The van der Waals surface area contributed by atoms with E-state index in [0.29, 0.717) is 15.6 Å². The normalized spacial score (nSPS) is 13.8. The molecular weight excluding hydrogens is 441 g/mol. The van der Waals surface area contributed by atoms with Gasteiger partial charge in [0.2, 0.25) is 5.95 Å². The summed E-state index contributed by atoms with van der Waals surface area (Å²) >= 11 is 16.0. The van der Waals surface area contributed by atoms with Crippen LogP contribution in [0.15, 0.2) is 34.8 Å². The summed E-state index contributed by atoms with van der Waals surface area (Å²) in [6, 6.07) is 8.97. The number of methoxy groups -OCH3 is 1. The smallest absolute Gasteiger partial charge is 0.340 e. The fraction of sp³-hybridized carbons (Fsp3) is 0.222. The molecule has 8 heteroatoms. The molecule has 1 aliphatic rings. The van der Waals surface area contributed by atoms with Crippen molar-refractivity contribution in [1.82, 2.24) is 9.55 Å².